The van der Waals surface area contributed by atoms with Crippen LogP contribution in [0, 0.1) is 11.7 Å². The maximum absolute atomic E-state index is 14.1. The number of carbonyl (C=O) groups is 1. The largest absolute Gasteiger partial charge is 0.360 e. The predicted octanol–water partition coefficient (Wildman–Crippen LogP) is 3.61. The van der Waals surface area contributed by atoms with Gasteiger partial charge in [-0.2, -0.15) is 0 Å². The van der Waals surface area contributed by atoms with Crippen LogP contribution in [-0.2, 0) is 6.54 Å². The molecule has 2 fully saturated rings. The van der Waals surface area contributed by atoms with Crippen molar-refractivity contribution in [3.05, 3.63) is 53.2 Å². The van der Waals surface area contributed by atoms with Gasteiger partial charge in [0.25, 0.3) is 5.91 Å². The Morgan fingerprint density at radius 1 is 1.23 bits per heavy atom. The van der Waals surface area contributed by atoms with Gasteiger partial charge in [-0.05, 0) is 58.3 Å². The number of hydrogen-bond donors (Lipinski definition) is 0. The number of likely N-dealkylation sites (tertiary alicyclic amines) is 1. The van der Waals surface area contributed by atoms with Crippen LogP contribution in [0.25, 0.3) is 0 Å². The van der Waals surface area contributed by atoms with Crippen LogP contribution in [0.5, 0.6) is 0 Å². The van der Waals surface area contributed by atoms with Crippen molar-refractivity contribution >= 4 is 5.91 Å². The Bertz CT molecular complexity index is 880. The van der Waals surface area contributed by atoms with Gasteiger partial charge in [0.15, 0.2) is 5.69 Å². The van der Waals surface area contributed by atoms with Gasteiger partial charge in [0.1, 0.15) is 11.6 Å². The summed E-state index contributed by atoms with van der Waals surface area (Å²) in [5.74, 6) is 1.44. The fourth-order valence-corrected chi connectivity index (χ4v) is 4.33. The topological polar surface area (TPSA) is 52.8 Å². The second-order valence-electron chi connectivity index (χ2n) is 9.28. The fraction of sp³-hybridized carbons (Fsp3) is 0.583. The van der Waals surface area contributed by atoms with Crippen molar-refractivity contribution in [1.29, 1.82) is 0 Å². The minimum atomic E-state index is -0.148. The number of likely N-dealkylation sites (N-methyl/N-ethyl adjacent to an activating group) is 1. The zero-order chi connectivity index (χ0) is 21.8. The van der Waals surface area contributed by atoms with Gasteiger partial charge in [-0.1, -0.05) is 23.4 Å². The third-order valence-corrected chi connectivity index (χ3v) is 6.27. The molecule has 1 atom stereocenters. The summed E-state index contributed by atoms with van der Waals surface area (Å²) < 4.78 is 19.5. The van der Waals surface area contributed by atoms with Gasteiger partial charge in [-0.25, -0.2) is 4.39 Å². The molecule has 2 aliphatic rings. The van der Waals surface area contributed by atoms with Crippen LogP contribution in [0.15, 0.2) is 34.9 Å². The highest BCUT2D eigenvalue weighted by Gasteiger charge is 2.31. The third kappa shape index (κ3) is 5.92. The molecule has 1 aromatic carbocycles. The van der Waals surface area contributed by atoms with E-state index in [0.717, 1.165) is 56.6 Å². The first-order valence-electron chi connectivity index (χ1n) is 11.4. The second kappa shape index (κ2) is 9.92. The van der Waals surface area contributed by atoms with Crippen LogP contribution >= 0.6 is 0 Å². The molecule has 1 aliphatic carbocycles. The molecule has 1 aliphatic heterocycles. The average molecular weight is 429 g/mol. The molecule has 0 N–H and O–H groups in total. The molecule has 6 nitrogen and oxygen atoms in total. The first-order chi connectivity index (χ1) is 15.0. The maximum atomic E-state index is 14.1. The van der Waals surface area contributed by atoms with Gasteiger partial charge in [-0.3, -0.25) is 9.69 Å². The van der Waals surface area contributed by atoms with Gasteiger partial charge in [-0.15, -0.1) is 0 Å². The lowest BCUT2D eigenvalue weighted by Crippen LogP contribution is -2.44. The van der Waals surface area contributed by atoms with E-state index in [4.69, 9.17) is 4.52 Å². The highest BCUT2D eigenvalue weighted by atomic mass is 19.1. The Hall–Kier alpha value is -2.25. The second-order valence-corrected chi connectivity index (χ2v) is 9.28. The highest BCUT2D eigenvalue weighted by Crippen LogP contribution is 2.40. The van der Waals surface area contributed by atoms with E-state index in [1.807, 2.05) is 37.2 Å². The monoisotopic (exact) mass is 428 g/mol. The van der Waals surface area contributed by atoms with Crippen molar-refractivity contribution in [3.8, 4) is 0 Å². The van der Waals surface area contributed by atoms with Crippen molar-refractivity contribution in [1.82, 2.24) is 19.9 Å². The molecule has 0 unspecified atom stereocenters. The summed E-state index contributed by atoms with van der Waals surface area (Å²) in [6, 6.07) is 8.81. The summed E-state index contributed by atoms with van der Waals surface area (Å²) in [4.78, 5) is 19.5. The van der Waals surface area contributed by atoms with E-state index in [9.17, 15) is 9.18 Å². The maximum Gasteiger partial charge on any atom is 0.276 e. The molecule has 4 rings (SSSR count). The van der Waals surface area contributed by atoms with Crippen molar-refractivity contribution in [2.24, 2.45) is 5.92 Å². The quantitative estimate of drug-likeness (QED) is 0.611. The number of aromatic nitrogens is 1. The normalized spacial score (nSPS) is 19.7. The first kappa shape index (κ1) is 22.0. The van der Waals surface area contributed by atoms with E-state index in [0.29, 0.717) is 37.2 Å². The molecule has 168 valence electrons. The van der Waals surface area contributed by atoms with E-state index in [-0.39, 0.29) is 11.7 Å². The zero-order valence-electron chi connectivity index (χ0n) is 18.6. The number of halogens is 1. The average Bonchev–Trinajstić information content (AvgIpc) is 3.49. The van der Waals surface area contributed by atoms with E-state index in [1.165, 1.54) is 6.07 Å². The number of rotatable bonds is 9. The van der Waals surface area contributed by atoms with E-state index in [2.05, 4.69) is 15.0 Å². The number of piperidine rings is 1. The third-order valence-electron chi connectivity index (χ3n) is 6.27. The molecule has 1 amide bonds. The Morgan fingerprint density at radius 2 is 2.03 bits per heavy atom. The molecule has 1 aromatic heterocycles. The van der Waals surface area contributed by atoms with Gasteiger partial charge >= 0.3 is 0 Å². The van der Waals surface area contributed by atoms with Gasteiger partial charge in [0.2, 0.25) is 0 Å². The van der Waals surface area contributed by atoms with Crippen LogP contribution in [0.3, 0.4) is 0 Å². The molecule has 2 heterocycles. The summed E-state index contributed by atoms with van der Waals surface area (Å²) in [6.45, 7) is 4.58. The highest BCUT2D eigenvalue weighted by molar-refractivity contribution is 5.92. The molecule has 1 saturated heterocycles. The van der Waals surface area contributed by atoms with Crippen LogP contribution in [0.1, 0.15) is 53.4 Å². The van der Waals surface area contributed by atoms with Crippen molar-refractivity contribution in [2.75, 3.05) is 46.8 Å². The predicted molar refractivity (Wildman–Crippen MR) is 117 cm³/mol. The van der Waals surface area contributed by atoms with E-state index < -0.39 is 0 Å². The summed E-state index contributed by atoms with van der Waals surface area (Å²) in [5, 5.41) is 4.07. The number of amides is 1. The summed E-state index contributed by atoms with van der Waals surface area (Å²) in [7, 11) is 4.03. The SMILES string of the molecule is CN(C)CCN(C[C@H]1CCCN(Cc2ccccc2F)C1)C(=O)c1cc(C2CC2)on1. The molecule has 0 radical (unpaired) electrons. The molecule has 1 saturated carbocycles. The zero-order valence-corrected chi connectivity index (χ0v) is 18.6. The van der Waals surface area contributed by atoms with Crippen molar-refractivity contribution in [2.45, 2.75) is 38.1 Å². The van der Waals surface area contributed by atoms with Crippen LogP contribution < -0.4 is 0 Å². The molecule has 0 bridgehead atoms. The minimum absolute atomic E-state index is 0.0521. The lowest BCUT2D eigenvalue weighted by atomic mass is 9.96. The molecular formula is C24H33FN4O2. The van der Waals surface area contributed by atoms with Crippen molar-refractivity contribution < 1.29 is 13.7 Å². The molecule has 7 heteroatoms. The summed E-state index contributed by atoms with van der Waals surface area (Å²) in [6.07, 6.45) is 4.37. The standard InChI is InChI=1S/C24H33FN4O2/c1-27(2)12-13-29(24(30)22-14-23(31-26-22)19-9-10-19)16-18-6-5-11-28(15-18)17-20-7-3-4-8-21(20)25/h3-4,7-8,14,18-19H,5-6,9-13,15-17H2,1-2H3/t18-/m0/s1. The smallest absolute Gasteiger partial charge is 0.276 e. The summed E-state index contributed by atoms with van der Waals surface area (Å²) >= 11 is 0. The molecule has 2 aromatic rings. The Labute approximate surface area is 184 Å². The van der Waals surface area contributed by atoms with E-state index >= 15 is 0 Å². The fourth-order valence-electron chi connectivity index (χ4n) is 4.33. The Kier molecular flexibility index (Phi) is 7.02. The Balaban J connectivity index is 1.40. The number of benzene rings is 1. The number of hydrogen-bond acceptors (Lipinski definition) is 5. The van der Waals surface area contributed by atoms with Crippen molar-refractivity contribution in [3.63, 3.8) is 0 Å². The van der Waals surface area contributed by atoms with Crippen LogP contribution in [0.4, 0.5) is 4.39 Å². The molecule has 31 heavy (non-hydrogen) atoms. The van der Waals surface area contributed by atoms with Gasteiger partial charge in [0.05, 0.1) is 0 Å². The molecule has 0 spiro atoms. The van der Waals surface area contributed by atoms with E-state index in [1.54, 1.807) is 6.07 Å². The van der Waals surface area contributed by atoms with Crippen LogP contribution in [-0.4, -0.2) is 72.6 Å². The summed E-state index contributed by atoms with van der Waals surface area (Å²) in [5.41, 5.74) is 1.15. The van der Waals surface area contributed by atoms with Gasteiger partial charge < -0.3 is 14.3 Å². The Morgan fingerprint density at radius 3 is 2.77 bits per heavy atom. The van der Waals surface area contributed by atoms with Gasteiger partial charge in [0, 0.05) is 50.3 Å². The lowest BCUT2D eigenvalue weighted by Gasteiger charge is -2.36. The molecular weight excluding hydrogens is 395 g/mol. The first-order valence-corrected chi connectivity index (χ1v) is 11.4. The number of nitrogens with zero attached hydrogens (tertiary/aromatic N) is 4. The number of carbonyl (C=O) groups excluding carboxylic acids is 1. The van der Waals surface area contributed by atoms with Crippen LogP contribution in [0.2, 0.25) is 0 Å². The lowest BCUT2D eigenvalue weighted by molar-refractivity contribution is 0.0650. The minimum Gasteiger partial charge on any atom is -0.360 e.